The number of rotatable bonds is 4. The molecule has 3 heterocycles. The highest BCUT2D eigenvalue weighted by molar-refractivity contribution is 6.11. The molecule has 1 fully saturated rings. The van der Waals surface area contributed by atoms with Crippen LogP contribution in [0.15, 0.2) is 42.6 Å². The van der Waals surface area contributed by atoms with Crippen molar-refractivity contribution in [3.63, 3.8) is 0 Å². The summed E-state index contributed by atoms with van der Waals surface area (Å²) in [6.07, 6.45) is 5.76. The molecular weight excluding hydrogens is 376 g/mol. The zero-order valence-electron chi connectivity index (χ0n) is 17.7. The van der Waals surface area contributed by atoms with E-state index in [9.17, 15) is 0 Å². The predicted molar refractivity (Wildman–Crippen MR) is 121 cm³/mol. The van der Waals surface area contributed by atoms with Crippen LogP contribution in [0.3, 0.4) is 0 Å². The van der Waals surface area contributed by atoms with E-state index in [1.807, 2.05) is 30.1 Å². The Labute approximate surface area is 176 Å². The van der Waals surface area contributed by atoms with Crippen LogP contribution in [0.1, 0.15) is 19.3 Å². The fourth-order valence-corrected chi connectivity index (χ4v) is 4.44. The summed E-state index contributed by atoms with van der Waals surface area (Å²) < 4.78 is 12.9. The first kappa shape index (κ1) is 18.7. The highest BCUT2D eigenvalue weighted by atomic mass is 16.5. The molecule has 0 radical (unpaired) electrons. The Balaban J connectivity index is 1.66. The van der Waals surface area contributed by atoms with Crippen molar-refractivity contribution in [3.05, 3.63) is 42.6 Å². The molecular formula is C24H26N4O2. The lowest BCUT2D eigenvalue weighted by Crippen LogP contribution is -2.29. The van der Waals surface area contributed by atoms with Crippen LogP contribution in [0, 0.1) is 0 Å². The van der Waals surface area contributed by atoms with Crippen LogP contribution in [0.2, 0.25) is 0 Å². The standard InChI is InChI=1S/C24H26N4O2/c1-27-20-15-25-19-14-22(30-3)21(29-2)13-18(19)23(20)24(26-27)16-7-9-17(10-8-16)28-11-5-4-6-12-28/h7-10,13-15H,4-6,11-12H2,1-3H3. The van der Waals surface area contributed by atoms with E-state index in [-0.39, 0.29) is 0 Å². The molecule has 0 bridgehead atoms. The maximum absolute atomic E-state index is 5.54. The number of aryl methyl sites for hydroxylation is 1. The Morgan fingerprint density at radius 3 is 2.30 bits per heavy atom. The molecule has 5 rings (SSSR count). The van der Waals surface area contributed by atoms with E-state index in [4.69, 9.17) is 14.6 Å². The molecule has 0 aliphatic carbocycles. The van der Waals surface area contributed by atoms with Gasteiger partial charge in [-0.15, -0.1) is 0 Å². The van der Waals surface area contributed by atoms with E-state index < -0.39 is 0 Å². The predicted octanol–water partition coefficient (Wildman–Crippen LogP) is 4.80. The molecule has 0 unspecified atom stereocenters. The monoisotopic (exact) mass is 402 g/mol. The lowest BCUT2D eigenvalue weighted by Gasteiger charge is -2.28. The van der Waals surface area contributed by atoms with Crippen molar-refractivity contribution in [1.29, 1.82) is 0 Å². The van der Waals surface area contributed by atoms with Gasteiger partial charge in [0, 0.05) is 48.2 Å². The van der Waals surface area contributed by atoms with Crippen LogP contribution in [0.5, 0.6) is 11.5 Å². The molecule has 6 nitrogen and oxygen atoms in total. The van der Waals surface area contributed by atoms with Crippen molar-refractivity contribution in [3.8, 4) is 22.8 Å². The van der Waals surface area contributed by atoms with Crippen LogP contribution in [0.25, 0.3) is 33.1 Å². The first-order valence-corrected chi connectivity index (χ1v) is 10.4. The third-order valence-electron chi connectivity index (χ3n) is 6.05. The van der Waals surface area contributed by atoms with Crippen molar-refractivity contribution >= 4 is 27.5 Å². The molecule has 1 saturated heterocycles. The maximum Gasteiger partial charge on any atom is 0.162 e. The Morgan fingerprint density at radius 1 is 0.900 bits per heavy atom. The SMILES string of the molecule is COc1cc2ncc3c(c(-c4ccc(N5CCCCC5)cc4)nn3C)c2cc1OC. The van der Waals surface area contributed by atoms with Crippen LogP contribution in [-0.2, 0) is 7.05 Å². The van der Waals surface area contributed by atoms with Gasteiger partial charge in [0.05, 0.1) is 31.4 Å². The van der Waals surface area contributed by atoms with Gasteiger partial charge < -0.3 is 14.4 Å². The molecule has 4 aromatic rings. The quantitative estimate of drug-likeness (QED) is 0.491. The van der Waals surface area contributed by atoms with Gasteiger partial charge in [-0.1, -0.05) is 12.1 Å². The number of methoxy groups -OCH3 is 2. The van der Waals surface area contributed by atoms with Gasteiger partial charge in [-0.25, -0.2) is 0 Å². The first-order chi connectivity index (χ1) is 14.7. The lowest BCUT2D eigenvalue weighted by molar-refractivity contribution is 0.356. The van der Waals surface area contributed by atoms with Gasteiger partial charge in [0.15, 0.2) is 11.5 Å². The number of pyridine rings is 1. The number of hydrogen-bond acceptors (Lipinski definition) is 5. The fraction of sp³-hybridized carbons (Fsp3) is 0.333. The molecule has 0 amide bonds. The normalized spacial score (nSPS) is 14.4. The van der Waals surface area contributed by atoms with Gasteiger partial charge in [-0.05, 0) is 37.5 Å². The smallest absolute Gasteiger partial charge is 0.162 e. The zero-order chi connectivity index (χ0) is 20.7. The van der Waals surface area contributed by atoms with Crippen LogP contribution < -0.4 is 14.4 Å². The van der Waals surface area contributed by atoms with Gasteiger partial charge in [0.25, 0.3) is 0 Å². The lowest BCUT2D eigenvalue weighted by atomic mass is 10.0. The highest BCUT2D eigenvalue weighted by Crippen LogP contribution is 2.38. The van der Waals surface area contributed by atoms with Crippen LogP contribution in [-0.4, -0.2) is 42.1 Å². The molecule has 2 aromatic carbocycles. The summed E-state index contributed by atoms with van der Waals surface area (Å²) in [7, 11) is 5.25. The Morgan fingerprint density at radius 2 is 1.60 bits per heavy atom. The summed E-state index contributed by atoms with van der Waals surface area (Å²) >= 11 is 0. The molecule has 1 aliphatic heterocycles. The minimum Gasteiger partial charge on any atom is -0.493 e. The third kappa shape index (κ3) is 3.03. The van der Waals surface area contributed by atoms with E-state index in [0.29, 0.717) is 11.5 Å². The largest absolute Gasteiger partial charge is 0.493 e. The molecule has 0 spiro atoms. The second-order valence-corrected chi connectivity index (χ2v) is 7.81. The first-order valence-electron chi connectivity index (χ1n) is 10.4. The third-order valence-corrected chi connectivity index (χ3v) is 6.05. The maximum atomic E-state index is 5.54. The van der Waals surface area contributed by atoms with E-state index >= 15 is 0 Å². The second-order valence-electron chi connectivity index (χ2n) is 7.81. The fourth-order valence-electron chi connectivity index (χ4n) is 4.44. The minimum absolute atomic E-state index is 0.674. The topological polar surface area (TPSA) is 52.4 Å². The van der Waals surface area contributed by atoms with Gasteiger partial charge in [0.1, 0.15) is 5.69 Å². The molecule has 30 heavy (non-hydrogen) atoms. The van der Waals surface area contributed by atoms with Crippen molar-refractivity contribution in [2.45, 2.75) is 19.3 Å². The molecule has 0 N–H and O–H groups in total. The van der Waals surface area contributed by atoms with E-state index in [2.05, 4.69) is 34.1 Å². The number of hydrogen-bond donors (Lipinski definition) is 0. The van der Waals surface area contributed by atoms with Gasteiger partial charge in [-0.2, -0.15) is 5.10 Å². The number of piperidine rings is 1. The van der Waals surface area contributed by atoms with E-state index in [1.165, 1.54) is 24.9 Å². The number of ether oxygens (including phenoxy) is 2. The summed E-state index contributed by atoms with van der Waals surface area (Å²) in [5.74, 6) is 1.36. The van der Waals surface area contributed by atoms with Crippen LogP contribution >= 0.6 is 0 Å². The molecule has 0 saturated carbocycles. The van der Waals surface area contributed by atoms with Gasteiger partial charge in [0.2, 0.25) is 0 Å². The van der Waals surface area contributed by atoms with Crippen LogP contribution in [0.4, 0.5) is 5.69 Å². The van der Waals surface area contributed by atoms with Crippen molar-refractivity contribution in [2.75, 3.05) is 32.2 Å². The van der Waals surface area contributed by atoms with Gasteiger partial charge >= 0.3 is 0 Å². The highest BCUT2D eigenvalue weighted by Gasteiger charge is 2.18. The van der Waals surface area contributed by atoms with Crippen molar-refractivity contribution in [2.24, 2.45) is 7.05 Å². The molecule has 2 aromatic heterocycles. The Bertz CT molecular complexity index is 1210. The summed E-state index contributed by atoms with van der Waals surface area (Å²) in [5, 5.41) is 6.93. The summed E-state index contributed by atoms with van der Waals surface area (Å²) in [6.45, 7) is 2.29. The molecule has 154 valence electrons. The van der Waals surface area contributed by atoms with Gasteiger partial charge in [-0.3, -0.25) is 9.67 Å². The summed E-state index contributed by atoms with van der Waals surface area (Å²) in [5.41, 5.74) is 5.20. The minimum atomic E-state index is 0.674. The molecule has 6 heteroatoms. The van der Waals surface area contributed by atoms with E-state index in [0.717, 1.165) is 46.2 Å². The molecule has 0 atom stereocenters. The number of anilines is 1. The summed E-state index contributed by atoms with van der Waals surface area (Å²) in [4.78, 5) is 7.11. The van der Waals surface area contributed by atoms with Crippen molar-refractivity contribution in [1.82, 2.24) is 14.8 Å². The Kier molecular flexibility index (Phi) is 4.69. The molecule has 1 aliphatic rings. The number of fused-ring (bicyclic) bond motifs is 3. The number of nitrogens with zero attached hydrogens (tertiary/aromatic N) is 4. The summed E-state index contributed by atoms with van der Waals surface area (Å²) in [6, 6.07) is 12.7. The number of aromatic nitrogens is 3. The number of benzene rings is 2. The van der Waals surface area contributed by atoms with Crippen molar-refractivity contribution < 1.29 is 9.47 Å². The average Bonchev–Trinajstić information content (AvgIpc) is 3.15. The zero-order valence-corrected chi connectivity index (χ0v) is 17.7. The second kappa shape index (κ2) is 7.52. The average molecular weight is 402 g/mol. The Hall–Kier alpha value is -3.28. The van der Waals surface area contributed by atoms with E-state index in [1.54, 1.807) is 14.2 Å².